The van der Waals surface area contributed by atoms with E-state index in [9.17, 15) is 9.59 Å². The first-order chi connectivity index (χ1) is 6.18. The molecule has 1 aliphatic heterocycles. The van der Waals surface area contributed by atoms with Crippen molar-refractivity contribution >= 4 is 11.9 Å². The zero-order valence-corrected chi connectivity index (χ0v) is 6.89. The second-order valence-electron chi connectivity index (χ2n) is 2.44. The molecule has 0 aromatic rings. The number of hydrogen-bond acceptors (Lipinski definition) is 5. The van der Waals surface area contributed by atoms with Gasteiger partial charge in [-0.3, -0.25) is 9.59 Å². The van der Waals surface area contributed by atoms with Crippen molar-refractivity contribution in [3.8, 4) is 0 Å². The van der Waals surface area contributed by atoms with Crippen molar-refractivity contribution < 1.29 is 28.9 Å². The lowest BCUT2D eigenvalue weighted by Gasteiger charge is -2.22. The average molecular weight is 190 g/mol. The van der Waals surface area contributed by atoms with Gasteiger partial charge in [-0.25, -0.2) is 0 Å². The monoisotopic (exact) mass is 190 g/mol. The normalized spacial score (nSPS) is 22.3. The van der Waals surface area contributed by atoms with Crippen molar-refractivity contribution in [2.75, 3.05) is 19.8 Å². The summed E-state index contributed by atoms with van der Waals surface area (Å²) in [6.45, 7) is 0.976. The van der Waals surface area contributed by atoms with E-state index in [1.165, 1.54) is 0 Å². The van der Waals surface area contributed by atoms with Crippen LogP contribution in [0.15, 0.2) is 0 Å². The number of ether oxygens (including phenoxy) is 3. The molecule has 1 saturated heterocycles. The van der Waals surface area contributed by atoms with Crippen molar-refractivity contribution in [3.05, 3.63) is 0 Å². The van der Waals surface area contributed by atoms with Crippen molar-refractivity contribution in [1.82, 2.24) is 0 Å². The molecule has 6 heteroatoms. The minimum atomic E-state index is -1.22. The lowest BCUT2D eigenvalue weighted by atomic mass is 10.4. The molecular formula is C7H10O6. The second kappa shape index (κ2) is 4.78. The molecule has 1 heterocycles. The molecule has 13 heavy (non-hydrogen) atoms. The summed E-state index contributed by atoms with van der Waals surface area (Å²) in [6.07, 6.45) is -1.42. The highest BCUT2D eigenvalue weighted by atomic mass is 16.7. The van der Waals surface area contributed by atoms with Gasteiger partial charge in [0.15, 0.2) is 0 Å². The number of carboxylic acids is 1. The quantitative estimate of drug-likeness (QED) is 0.471. The summed E-state index contributed by atoms with van der Waals surface area (Å²) < 4.78 is 14.5. The molecule has 0 amide bonds. The van der Waals surface area contributed by atoms with Gasteiger partial charge in [-0.15, -0.1) is 0 Å². The highest BCUT2D eigenvalue weighted by Crippen LogP contribution is 2.03. The second-order valence-corrected chi connectivity index (χ2v) is 2.44. The summed E-state index contributed by atoms with van der Waals surface area (Å²) in [6, 6.07) is 0. The van der Waals surface area contributed by atoms with Crippen molar-refractivity contribution in [2.45, 2.75) is 12.7 Å². The Labute approximate surface area is 74.4 Å². The fourth-order valence-corrected chi connectivity index (χ4v) is 0.846. The molecule has 0 aliphatic carbocycles. The van der Waals surface area contributed by atoms with E-state index in [1.54, 1.807) is 0 Å². The van der Waals surface area contributed by atoms with Crippen LogP contribution in [0.2, 0.25) is 0 Å². The van der Waals surface area contributed by atoms with Gasteiger partial charge >= 0.3 is 11.9 Å². The number of carbonyl (C=O) groups excluding carboxylic acids is 1. The maximum Gasteiger partial charge on any atom is 0.319 e. The van der Waals surface area contributed by atoms with Crippen LogP contribution in [-0.4, -0.2) is 43.2 Å². The van der Waals surface area contributed by atoms with Crippen LogP contribution in [0.1, 0.15) is 6.42 Å². The summed E-state index contributed by atoms with van der Waals surface area (Å²) >= 11 is 0. The first kappa shape index (κ1) is 9.94. The van der Waals surface area contributed by atoms with E-state index in [0.717, 1.165) is 0 Å². The third-order valence-electron chi connectivity index (χ3n) is 1.34. The fraction of sp³-hybridized carbons (Fsp3) is 0.714. The van der Waals surface area contributed by atoms with Gasteiger partial charge in [0.1, 0.15) is 13.0 Å². The smallest absolute Gasteiger partial charge is 0.319 e. The van der Waals surface area contributed by atoms with Gasteiger partial charge < -0.3 is 19.3 Å². The zero-order valence-electron chi connectivity index (χ0n) is 6.89. The Kier molecular flexibility index (Phi) is 3.66. The molecule has 0 aromatic heterocycles. The standard InChI is InChI=1S/C7H10O6/c8-5(9)3-6(10)13-7-4-11-1-2-12-7/h7H,1-4H2,(H,8,9). The first-order valence-electron chi connectivity index (χ1n) is 3.79. The van der Waals surface area contributed by atoms with Crippen LogP contribution in [0.25, 0.3) is 0 Å². The molecular weight excluding hydrogens is 180 g/mol. The van der Waals surface area contributed by atoms with E-state index in [4.69, 9.17) is 14.6 Å². The molecule has 0 spiro atoms. The Morgan fingerprint density at radius 1 is 1.46 bits per heavy atom. The number of carboxylic acid groups (broad SMARTS) is 1. The van der Waals surface area contributed by atoms with Gasteiger partial charge in [-0.1, -0.05) is 0 Å². The van der Waals surface area contributed by atoms with Gasteiger partial charge in [-0.05, 0) is 0 Å². The first-order valence-corrected chi connectivity index (χ1v) is 3.79. The minimum absolute atomic E-state index is 0.158. The van der Waals surface area contributed by atoms with Crippen LogP contribution >= 0.6 is 0 Å². The molecule has 1 unspecified atom stereocenters. The van der Waals surface area contributed by atoms with Crippen LogP contribution in [0.5, 0.6) is 0 Å². The third-order valence-corrected chi connectivity index (χ3v) is 1.34. The molecule has 74 valence electrons. The molecule has 0 bridgehead atoms. The Balaban J connectivity index is 2.22. The fourth-order valence-electron chi connectivity index (χ4n) is 0.846. The van der Waals surface area contributed by atoms with Crippen molar-refractivity contribution in [1.29, 1.82) is 0 Å². The number of esters is 1. The summed E-state index contributed by atoms with van der Waals surface area (Å²) in [5.41, 5.74) is 0. The highest BCUT2D eigenvalue weighted by molar-refractivity contribution is 5.90. The molecule has 1 rings (SSSR count). The van der Waals surface area contributed by atoms with Gasteiger partial charge in [0.2, 0.25) is 6.29 Å². The van der Waals surface area contributed by atoms with Gasteiger partial charge in [0.25, 0.3) is 0 Å². The van der Waals surface area contributed by atoms with Crippen LogP contribution < -0.4 is 0 Å². The summed E-state index contributed by atoms with van der Waals surface area (Å²) in [7, 11) is 0. The summed E-state index contributed by atoms with van der Waals surface area (Å²) in [5, 5.41) is 8.24. The van der Waals surface area contributed by atoms with Crippen molar-refractivity contribution in [2.24, 2.45) is 0 Å². The number of hydrogen-bond donors (Lipinski definition) is 1. The van der Waals surface area contributed by atoms with E-state index in [0.29, 0.717) is 13.2 Å². The third kappa shape index (κ3) is 3.86. The van der Waals surface area contributed by atoms with Gasteiger partial charge in [0.05, 0.1) is 13.2 Å². The number of aliphatic carboxylic acids is 1. The maximum atomic E-state index is 10.8. The molecule has 1 fully saturated rings. The Morgan fingerprint density at radius 2 is 2.23 bits per heavy atom. The molecule has 0 aromatic carbocycles. The van der Waals surface area contributed by atoms with E-state index in [2.05, 4.69) is 4.74 Å². The van der Waals surface area contributed by atoms with Crippen LogP contribution in [-0.2, 0) is 23.8 Å². The Hall–Kier alpha value is -1.14. The molecule has 6 nitrogen and oxygen atoms in total. The Morgan fingerprint density at radius 3 is 2.77 bits per heavy atom. The van der Waals surface area contributed by atoms with E-state index < -0.39 is 24.6 Å². The highest BCUT2D eigenvalue weighted by Gasteiger charge is 2.19. The van der Waals surface area contributed by atoms with E-state index in [-0.39, 0.29) is 6.61 Å². The predicted octanol–water partition coefficient (Wildman–Crippen LogP) is -0.623. The van der Waals surface area contributed by atoms with Crippen molar-refractivity contribution in [3.63, 3.8) is 0 Å². The molecule has 1 atom stereocenters. The number of rotatable bonds is 3. The zero-order chi connectivity index (χ0) is 9.68. The van der Waals surface area contributed by atoms with E-state index >= 15 is 0 Å². The molecule has 0 radical (unpaired) electrons. The van der Waals surface area contributed by atoms with Crippen LogP contribution in [0, 0.1) is 0 Å². The average Bonchev–Trinajstić information content (AvgIpc) is 2.04. The molecule has 0 saturated carbocycles. The Bertz CT molecular complexity index is 195. The van der Waals surface area contributed by atoms with Crippen LogP contribution in [0.3, 0.4) is 0 Å². The predicted molar refractivity (Wildman–Crippen MR) is 38.9 cm³/mol. The minimum Gasteiger partial charge on any atom is -0.481 e. The molecule has 1 aliphatic rings. The molecule has 1 N–H and O–H groups in total. The van der Waals surface area contributed by atoms with E-state index in [1.807, 2.05) is 0 Å². The lowest BCUT2D eigenvalue weighted by molar-refractivity contribution is -0.214. The maximum absolute atomic E-state index is 10.8. The lowest BCUT2D eigenvalue weighted by Crippen LogP contribution is -2.33. The van der Waals surface area contributed by atoms with Gasteiger partial charge in [0, 0.05) is 0 Å². The summed E-state index contributed by atoms with van der Waals surface area (Å²) in [5.74, 6) is -2.04. The summed E-state index contributed by atoms with van der Waals surface area (Å²) in [4.78, 5) is 20.9. The SMILES string of the molecule is O=C(O)CC(=O)OC1COCCO1. The largest absolute Gasteiger partial charge is 0.481 e. The van der Waals surface area contributed by atoms with Gasteiger partial charge in [-0.2, -0.15) is 0 Å². The van der Waals surface area contributed by atoms with Crippen LogP contribution in [0.4, 0.5) is 0 Å². The topological polar surface area (TPSA) is 82.1 Å². The number of carbonyl (C=O) groups is 2.